The molecule has 1 aliphatic carbocycles. The maximum absolute atomic E-state index is 6.03. The summed E-state index contributed by atoms with van der Waals surface area (Å²) in [4.78, 5) is 0. The zero-order valence-electron chi connectivity index (χ0n) is 10.0. The Morgan fingerprint density at radius 1 is 1.28 bits per heavy atom. The van der Waals surface area contributed by atoms with Gasteiger partial charge in [0.2, 0.25) is 5.88 Å². The highest BCUT2D eigenvalue weighted by Crippen LogP contribution is 2.41. The Morgan fingerprint density at radius 2 is 2.06 bits per heavy atom. The van der Waals surface area contributed by atoms with E-state index in [1.165, 1.54) is 25.7 Å². The number of nitrogen functional groups attached to an aromatic ring is 1. The Hall–Kier alpha value is -1.48. The molecule has 1 aromatic heterocycles. The predicted octanol–water partition coefficient (Wildman–Crippen LogP) is 4.23. The molecule has 0 bridgehead atoms. The number of nitrogens with zero attached hydrogens (tertiary/aromatic N) is 1. The van der Waals surface area contributed by atoms with Gasteiger partial charge in [-0.05, 0) is 30.5 Å². The summed E-state index contributed by atoms with van der Waals surface area (Å²) in [6.45, 7) is 0. The number of aromatic nitrogens is 1. The van der Waals surface area contributed by atoms with Crippen molar-refractivity contribution >= 4 is 17.5 Å². The molecule has 0 aliphatic heterocycles. The zero-order valence-corrected chi connectivity index (χ0v) is 10.8. The molecule has 0 unspecified atom stereocenters. The Labute approximate surface area is 111 Å². The van der Waals surface area contributed by atoms with Crippen LogP contribution in [0.25, 0.3) is 11.1 Å². The molecule has 94 valence electrons. The van der Waals surface area contributed by atoms with E-state index < -0.39 is 0 Å². The lowest BCUT2D eigenvalue weighted by Crippen LogP contribution is -1.96. The normalized spacial score (nSPS) is 16.3. The van der Waals surface area contributed by atoms with Crippen molar-refractivity contribution in [3.8, 4) is 11.1 Å². The second kappa shape index (κ2) is 4.65. The van der Waals surface area contributed by atoms with Crippen molar-refractivity contribution in [2.75, 3.05) is 5.73 Å². The van der Waals surface area contributed by atoms with E-state index in [0.29, 0.717) is 16.8 Å². The quantitative estimate of drug-likeness (QED) is 0.881. The van der Waals surface area contributed by atoms with Gasteiger partial charge in [-0.2, -0.15) is 0 Å². The Morgan fingerprint density at radius 3 is 2.78 bits per heavy atom. The third-order valence-corrected chi connectivity index (χ3v) is 3.84. The molecule has 0 saturated heterocycles. The summed E-state index contributed by atoms with van der Waals surface area (Å²) in [6, 6.07) is 7.67. The summed E-state index contributed by atoms with van der Waals surface area (Å²) in [6.07, 6.45) is 4.85. The van der Waals surface area contributed by atoms with E-state index in [4.69, 9.17) is 21.9 Å². The number of hydrogen-bond acceptors (Lipinski definition) is 3. The average Bonchev–Trinajstić information content (AvgIpc) is 2.97. The first-order valence-corrected chi connectivity index (χ1v) is 6.64. The fourth-order valence-corrected chi connectivity index (χ4v) is 2.92. The molecule has 4 heteroatoms. The minimum Gasteiger partial charge on any atom is -0.367 e. The molecule has 3 nitrogen and oxygen atoms in total. The van der Waals surface area contributed by atoms with Crippen LogP contribution in [0.15, 0.2) is 28.8 Å². The molecule has 2 N–H and O–H groups in total. The molecular formula is C14H15ClN2O. The van der Waals surface area contributed by atoms with Crippen molar-refractivity contribution in [2.24, 2.45) is 0 Å². The monoisotopic (exact) mass is 262 g/mol. The van der Waals surface area contributed by atoms with Gasteiger partial charge >= 0.3 is 0 Å². The number of nitrogens with two attached hydrogens (primary N) is 1. The Bertz CT molecular complexity index is 559. The number of rotatable bonds is 2. The number of anilines is 1. The third kappa shape index (κ3) is 1.99. The van der Waals surface area contributed by atoms with E-state index in [0.717, 1.165) is 16.8 Å². The van der Waals surface area contributed by atoms with E-state index in [1.807, 2.05) is 24.3 Å². The van der Waals surface area contributed by atoms with Crippen molar-refractivity contribution < 1.29 is 4.52 Å². The summed E-state index contributed by atoms with van der Waals surface area (Å²) in [7, 11) is 0. The van der Waals surface area contributed by atoms with Crippen LogP contribution in [0.1, 0.15) is 37.3 Å². The van der Waals surface area contributed by atoms with Crippen LogP contribution in [0.4, 0.5) is 5.88 Å². The number of benzene rings is 1. The summed E-state index contributed by atoms with van der Waals surface area (Å²) >= 11 is 6.03. The van der Waals surface area contributed by atoms with E-state index in [2.05, 4.69) is 5.16 Å². The molecule has 0 spiro atoms. The molecule has 1 aromatic carbocycles. The van der Waals surface area contributed by atoms with Crippen LogP contribution in [0.2, 0.25) is 5.02 Å². The minimum absolute atomic E-state index is 0.388. The van der Waals surface area contributed by atoms with Gasteiger partial charge in [0.05, 0.1) is 11.3 Å². The van der Waals surface area contributed by atoms with Crippen LogP contribution >= 0.6 is 11.6 Å². The highest BCUT2D eigenvalue weighted by molar-refractivity contribution is 6.30. The van der Waals surface area contributed by atoms with Gasteiger partial charge in [0.1, 0.15) is 0 Å². The molecule has 0 atom stereocenters. The van der Waals surface area contributed by atoms with Gasteiger partial charge in [-0.3, -0.25) is 0 Å². The van der Waals surface area contributed by atoms with Crippen LogP contribution in [0, 0.1) is 0 Å². The topological polar surface area (TPSA) is 52.0 Å². The van der Waals surface area contributed by atoms with Gasteiger partial charge in [0.15, 0.2) is 0 Å². The van der Waals surface area contributed by atoms with Crippen molar-refractivity contribution in [3.05, 3.63) is 35.0 Å². The maximum Gasteiger partial charge on any atom is 0.230 e. The van der Waals surface area contributed by atoms with Crippen LogP contribution in [0.3, 0.4) is 0 Å². The standard InChI is InChI=1S/C14H15ClN2O/c15-11-7-3-6-10(8-11)12-13(17-18-14(12)16)9-4-1-2-5-9/h3,6-9H,1-2,4-5,16H2. The summed E-state index contributed by atoms with van der Waals surface area (Å²) < 4.78 is 5.19. The second-order valence-electron chi connectivity index (χ2n) is 4.80. The lowest BCUT2D eigenvalue weighted by Gasteiger charge is -2.08. The molecule has 1 fully saturated rings. The van der Waals surface area contributed by atoms with E-state index in [-0.39, 0.29) is 0 Å². The maximum atomic E-state index is 6.03. The SMILES string of the molecule is Nc1onc(C2CCCC2)c1-c1cccc(Cl)c1. The van der Waals surface area contributed by atoms with Crippen LogP contribution < -0.4 is 5.73 Å². The smallest absolute Gasteiger partial charge is 0.230 e. The molecule has 0 amide bonds. The van der Waals surface area contributed by atoms with Crippen molar-refractivity contribution in [2.45, 2.75) is 31.6 Å². The minimum atomic E-state index is 0.388. The molecule has 1 heterocycles. The first-order chi connectivity index (χ1) is 8.75. The largest absolute Gasteiger partial charge is 0.367 e. The number of hydrogen-bond donors (Lipinski definition) is 1. The fraction of sp³-hybridized carbons (Fsp3) is 0.357. The summed E-state index contributed by atoms with van der Waals surface area (Å²) in [5.41, 5.74) is 8.82. The van der Waals surface area contributed by atoms with Crippen LogP contribution in [-0.2, 0) is 0 Å². The van der Waals surface area contributed by atoms with Gasteiger partial charge < -0.3 is 10.3 Å². The molecule has 1 aliphatic rings. The van der Waals surface area contributed by atoms with Crippen molar-refractivity contribution in [1.29, 1.82) is 0 Å². The van der Waals surface area contributed by atoms with Crippen molar-refractivity contribution in [1.82, 2.24) is 5.16 Å². The lowest BCUT2D eigenvalue weighted by molar-refractivity contribution is 0.420. The number of halogens is 1. The lowest BCUT2D eigenvalue weighted by atomic mass is 9.96. The van der Waals surface area contributed by atoms with Gasteiger partial charge in [-0.25, -0.2) is 0 Å². The van der Waals surface area contributed by atoms with Crippen LogP contribution in [-0.4, -0.2) is 5.16 Å². The van der Waals surface area contributed by atoms with Gasteiger partial charge in [-0.1, -0.05) is 41.7 Å². The molecular weight excluding hydrogens is 248 g/mol. The third-order valence-electron chi connectivity index (χ3n) is 3.60. The molecule has 0 radical (unpaired) electrons. The first kappa shape index (κ1) is 11.6. The molecule has 18 heavy (non-hydrogen) atoms. The van der Waals surface area contributed by atoms with E-state index >= 15 is 0 Å². The summed E-state index contributed by atoms with van der Waals surface area (Å²) in [5, 5.41) is 4.86. The molecule has 3 rings (SSSR count). The summed E-state index contributed by atoms with van der Waals surface area (Å²) in [5.74, 6) is 0.860. The van der Waals surface area contributed by atoms with Crippen LogP contribution in [0.5, 0.6) is 0 Å². The fourth-order valence-electron chi connectivity index (χ4n) is 2.73. The highest BCUT2D eigenvalue weighted by atomic mass is 35.5. The average molecular weight is 263 g/mol. The molecule has 2 aromatic rings. The van der Waals surface area contributed by atoms with Gasteiger partial charge in [-0.15, -0.1) is 0 Å². The van der Waals surface area contributed by atoms with Crippen molar-refractivity contribution in [3.63, 3.8) is 0 Å². The predicted molar refractivity (Wildman–Crippen MR) is 72.6 cm³/mol. The Balaban J connectivity index is 2.07. The van der Waals surface area contributed by atoms with Gasteiger partial charge in [0, 0.05) is 10.9 Å². The van der Waals surface area contributed by atoms with E-state index in [1.54, 1.807) is 0 Å². The highest BCUT2D eigenvalue weighted by Gasteiger charge is 2.26. The second-order valence-corrected chi connectivity index (χ2v) is 5.24. The molecule has 1 saturated carbocycles. The van der Waals surface area contributed by atoms with E-state index in [9.17, 15) is 0 Å². The first-order valence-electron chi connectivity index (χ1n) is 6.26. The Kier molecular flexibility index (Phi) is 3.00. The zero-order chi connectivity index (χ0) is 12.5. The van der Waals surface area contributed by atoms with Gasteiger partial charge in [0.25, 0.3) is 0 Å².